The summed E-state index contributed by atoms with van der Waals surface area (Å²) in [6, 6.07) is -0.910. The van der Waals surface area contributed by atoms with E-state index in [0.717, 1.165) is 89.9 Å². The number of aliphatic hydroxyl groups is 1. The van der Waals surface area contributed by atoms with E-state index in [-0.39, 0.29) is 12.5 Å². The van der Waals surface area contributed by atoms with E-state index in [1.165, 1.54) is 103 Å². The number of hydrogen-bond donors (Lipinski definition) is 2. The number of allylic oxidation sites excluding steroid dienone is 19. The van der Waals surface area contributed by atoms with Gasteiger partial charge in [0, 0.05) is 6.42 Å². The lowest BCUT2D eigenvalue weighted by atomic mass is 10.0. The quantitative estimate of drug-likeness (QED) is 0.0272. The van der Waals surface area contributed by atoms with Crippen LogP contribution in [-0.2, 0) is 18.4 Å². The summed E-state index contributed by atoms with van der Waals surface area (Å²) in [7, 11) is 1.23. The van der Waals surface area contributed by atoms with Crippen molar-refractivity contribution in [1.29, 1.82) is 0 Å². The number of nitrogens with one attached hydrogen (secondary N) is 1. The Balaban J connectivity index is 4.09. The molecule has 0 saturated heterocycles. The van der Waals surface area contributed by atoms with Crippen LogP contribution in [0.4, 0.5) is 0 Å². The maximum atomic E-state index is 12.9. The molecule has 0 rings (SSSR count). The van der Waals surface area contributed by atoms with Crippen LogP contribution in [-0.4, -0.2) is 68.5 Å². The number of carbonyl (C=O) groups excluding carboxylic acids is 1. The Morgan fingerprint density at radius 3 is 1.31 bits per heavy atom. The maximum absolute atomic E-state index is 12.9. The number of unbranched alkanes of at least 4 members (excludes halogenated alkanes) is 19. The summed E-state index contributed by atoms with van der Waals surface area (Å²) >= 11 is 0. The van der Waals surface area contributed by atoms with E-state index < -0.39 is 26.6 Å². The predicted octanol–water partition coefficient (Wildman–Crippen LogP) is 16.7. The van der Waals surface area contributed by atoms with Crippen LogP contribution in [0.25, 0.3) is 0 Å². The molecule has 0 saturated carbocycles. The van der Waals surface area contributed by atoms with Crippen LogP contribution >= 0.6 is 7.82 Å². The third-order valence-corrected chi connectivity index (χ3v) is 12.9. The van der Waals surface area contributed by atoms with Gasteiger partial charge in [0.05, 0.1) is 39.9 Å². The molecule has 8 nitrogen and oxygen atoms in total. The Morgan fingerprint density at radius 1 is 0.507 bits per heavy atom. The van der Waals surface area contributed by atoms with Crippen molar-refractivity contribution in [3.8, 4) is 0 Å². The molecular weight excluding hydrogens is 900 g/mol. The molecule has 0 radical (unpaired) electrons. The Morgan fingerprint density at radius 2 is 0.873 bits per heavy atom. The number of phosphoric acid groups is 1. The Labute approximate surface area is 437 Å². The van der Waals surface area contributed by atoms with Crippen LogP contribution in [0.5, 0.6) is 0 Å². The van der Waals surface area contributed by atoms with Gasteiger partial charge in [0.15, 0.2) is 0 Å². The number of phosphoric ester groups is 1. The van der Waals surface area contributed by atoms with Crippen LogP contribution < -0.4 is 10.2 Å². The highest BCUT2D eigenvalue weighted by Gasteiger charge is 2.23. The molecule has 1 amide bonds. The van der Waals surface area contributed by atoms with Crippen molar-refractivity contribution in [2.45, 2.75) is 225 Å². The van der Waals surface area contributed by atoms with Gasteiger partial charge in [-0.2, -0.15) is 0 Å². The van der Waals surface area contributed by atoms with Gasteiger partial charge < -0.3 is 28.8 Å². The minimum Gasteiger partial charge on any atom is -0.756 e. The molecule has 0 aromatic rings. The Bertz CT molecular complexity index is 1560. The fourth-order valence-corrected chi connectivity index (χ4v) is 8.20. The Kier molecular flexibility index (Phi) is 49.5. The average molecular weight is 1010 g/mol. The van der Waals surface area contributed by atoms with Crippen LogP contribution in [0.3, 0.4) is 0 Å². The normalized spacial score (nSPS) is 14.9. The van der Waals surface area contributed by atoms with E-state index in [9.17, 15) is 19.4 Å². The van der Waals surface area contributed by atoms with Gasteiger partial charge in [-0.25, -0.2) is 0 Å². The van der Waals surface area contributed by atoms with Gasteiger partial charge in [-0.3, -0.25) is 9.36 Å². The maximum Gasteiger partial charge on any atom is 0.268 e. The molecular formula is C62H107N2O6P. The van der Waals surface area contributed by atoms with Crippen molar-refractivity contribution < 1.29 is 32.9 Å². The number of likely N-dealkylation sites (N-methyl/N-ethyl adjacent to an activating group) is 1. The van der Waals surface area contributed by atoms with E-state index in [4.69, 9.17) is 9.05 Å². The highest BCUT2D eigenvalue weighted by Crippen LogP contribution is 2.38. The van der Waals surface area contributed by atoms with Gasteiger partial charge in [-0.15, -0.1) is 0 Å². The first-order valence-electron chi connectivity index (χ1n) is 28.4. The number of aliphatic hydroxyl groups excluding tert-OH is 1. The van der Waals surface area contributed by atoms with Crippen LogP contribution in [0, 0.1) is 0 Å². The smallest absolute Gasteiger partial charge is 0.268 e. The molecule has 0 heterocycles. The predicted molar refractivity (Wildman–Crippen MR) is 306 cm³/mol. The lowest BCUT2D eigenvalue weighted by molar-refractivity contribution is -0.870. The highest BCUT2D eigenvalue weighted by atomic mass is 31.2. The molecule has 3 atom stereocenters. The van der Waals surface area contributed by atoms with E-state index in [2.05, 4.69) is 129 Å². The van der Waals surface area contributed by atoms with Gasteiger partial charge in [0.2, 0.25) is 5.91 Å². The molecule has 0 spiro atoms. The lowest BCUT2D eigenvalue weighted by Gasteiger charge is -2.29. The second kappa shape index (κ2) is 51.8. The summed E-state index contributed by atoms with van der Waals surface area (Å²) in [4.78, 5) is 25.4. The van der Waals surface area contributed by atoms with Crippen molar-refractivity contribution >= 4 is 13.7 Å². The number of nitrogens with zero attached hydrogens (tertiary/aromatic N) is 1. The molecule has 3 unspecified atom stereocenters. The molecule has 9 heteroatoms. The zero-order valence-electron chi connectivity index (χ0n) is 46.1. The molecule has 71 heavy (non-hydrogen) atoms. The molecule has 406 valence electrons. The molecule has 0 bridgehead atoms. The van der Waals surface area contributed by atoms with Gasteiger partial charge in [-0.1, -0.05) is 232 Å². The largest absolute Gasteiger partial charge is 0.756 e. The minimum absolute atomic E-state index is 0.0120. The van der Waals surface area contributed by atoms with Crippen LogP contribution in [0.15, 0.2) is 122 Å². The SMILES string of the molecule is CC/C=C\C/C=C\C/C=C\C/C=C\C/C=C\C/C=C\C/C=C\C/C=C\CCCCCCCCCCCCCCC(=O)NC(COP(=O)([O-])OCC[N+](C)(C)C)C(O)/C=C/CC/C=C/CCCCCCCC. The molecule has 0 aliphatic heterocycles. The first-order chi connectivity index (χ1) is 34.5. The summed E-state index contributed by atoms with van der Waals surface area (Å²) in [6.45, 7) is 4.47. The van der Waals surface area contributed by atoms with Gasteiger partial charge in [0.25, 0.3) is 7.82 Å². The van der Waals surface area contributed by atoms with Gasteiger partial charge in [0.1, 0.15) is 13.2 Å². The van der Waals surface area contributed by atoms with Gasteiger partial charge >= 0.3 is 0 Å². The summed E-state index contributed by atoms with van der Waals surface area (Å²) < 4.78 is 23.2. The van der Waals surface area contributed by atoms with E-state index >= 15 is 0 Å². The zero-order chi connectivity index (χ0) is 52.0. The molecule has 0 aromatic carbocycles. The highest BCUT2D eigenvalue weighted by molar-refractivity contribution is 7.45. The van der Waals surface area contributed by atoms with E-state index in [1.807, 2.05) is 27.2 Å². The monoisotopic (exact) mass is 1010 g/mol. The average Bonchev–Trinajstić information content (AvgIpc) is 3.33. The molecule has 0 aliphatic rings. The standard InChI is InChI=1S/C62H107N2O6P/c1-6-8-10-12-14-16-18-20-21-22-23-24-25-26-27-28-29-30-31-32-33-34-35-36-37-38-39-40-41-42-43-44-46-48-50-52-54-56-62(66)63-60(59-70-71(67,68)69-58-57-64(3,4)5)61(65)55-53-51-49-47-45-19-17-15-13-11-9-7-2/h8,10,14,16,20-21,23-24,26-27,29-30,32-33,35-36,45,47,53,55,60-61,65H,6-7,9,11-13,15,17-19,22,25,28,31,34,37-44,46,48-52,54,56-59H2,1-5H3,(H-,63,66,67,68)/b10-8-,16-14-,21-20-,24-23-,27-26-,30-29-,33-32-,36-35-,47-45+,55-53+. The number of carbonyl (C=O) groups is 1. The fourth-order valence-electron chi connectivity index (χ4n) is 7.48. The van der Waals surface area contributed by atoms with E-state index in [1.54, 1.807) is 6.08 Å². The van der Waals surface area contributed by atoms with Crippen molar-refractivity contribution in [2.75, 3.05) is 40.9 Å². The molecule has 0 aliphatic carbocycles. The van der Waals surface area contributed by atoms with Crippen LogP contribution in [0.1, 0.15) is 213 Å². The van der Waals surface area contributed by atoms with Gasteiger partial charge in [-0.05, 0) is 96.3 Å². The van der Waals surface area contributed by atoms with Crippen molar-refractivity contribution in [2.24, 2.45) is 0 Å². The second-order valence-electron chi connectivity index (χ2n) is 19.9. The molecule has 0 aromatic heterocycles. The van der Waals surface area contributed by atoms with Crippen molar-refractivity contribution in [3.05, 3.63) is 122 Å². The minimum atomic E-state index is -4.61. The third kappa shape index (κ3) is 54.5. The van der Waals surface area contributed by atoms with Crippen molar-refractivity contribution in [3.63, 3.8) is 0 Å². The summed E-state index contributed by atoms with van der Waals surface area (Å²) in [5.74, 6) is -0.216. The number of amides is 1. The number of rotatable bonds is 50. The zero-order valence-corrected chi connectivity index (χ0v) is 47.0. The summed E-state index contributed by atoms with van der Waals surface area (Å²) in [5.41, 5.74) is 0. The van der Waals surface area contributed by atoms with Crippen LogP contribution in [0.2, 0.25) is 0 Å². The Hall–Kier alpha value is -3.10. The first kappa shape index (κ1) is 67.9. The van der Waals surface area contributed by atoms with E-state index in [0.29, 0.717) is 17.4 Å². The molecule has 2 N–H and O–H groups in total. The topological polar surface area (TPSA) is 108 Å². The van der Waals surface area contributed by atoms with Crippen molar-refractivity contribution in [1.82, 2.24) is 5.32 Å². The number of quaternary nitrogens is 1. The number of hydrogen-bond acceptors (Lipinski definition) is 6. The third-order valence-electron chi connectivity index (χ3n) is 11.9. The molecule has 0 fully saturated rings. The second-order valence-corrected chi connectivity index (χ2v) is 21.3. The fraction of sp³-hybridized carbons (Fsp3) is 0.661. The summed E-state index contributed by atoms with van der Waals surface area (Å²) in [5, 5.41) is 13.8. The lowest BCUT2D eigenvalue weighted by Crippen LogP contribution is -2.45. The first-order valence-corrected chi connectivity index (χ1v) is 29.9. The summed E-state index contributed by atoms with van der Waals surface area (Å²) in [6.07, 6.45) is 77.1.